The Labute approximate surface area is 120 Å². The zero-order valence-corrected chi connectivity index (χ0v) is 11.7. The number of nitrogens with zero attached hydrogens (tertiary/aromatic N) is 2. The van der Waals surface area contributed by atoms with Crippen molar-refractivity contribution in [3.05, 3.63) is 54.1 Å². The zero-order chi connectivity index (χ0) is 13.9. The van der Waals surface area contributed by atoms with Gasteiger partial charge in [-0.3, -0.25) is 5.43 Å². The normalized spacial score (nSPS) is 11.8. The number of rotatable bonds is 3. The molecule has 0 fully saturated rings. The first-order valence-corrected chi connectivity index (χ1v) is 6.99. The number of fused-ring (bicyclic) bond motifs is 1. The molecule has 5 heteroatoms. The Balaban J connectivity index is 1.80. The van der Waals surface area contributed by atoms with Gasteiger partial charge in [-0.05, 0) is 48.9 Å². The molecule has 0 bridgehead atoms. The van der Waals surface area contributed by atoms with Crippen molar-refractivity contribution in [3.63, 3.8) is 0 Å². The van der Waals surface area contributed by atoms with Crippen LogP contribution in [0, 0.1) is 0 Å². The van der Waals surface area contributed by atoms with Crippen molar-refractivity contribution in [1.82, 2.24) is 4.98 Å². The highest BCUT2D eigenvalue weighted by molar-refractivity contribution is 7.22. The molecular weight excluding hydrogens is 270 g/mol. The number of aromatic hydroxyl groups is 1. The van der Waals surface area contributed by atoms with E-state index in [1.54, 1.807) is 23.5 Å². The second-order valence-electron chi connectivity index (χ2n) is 4.34. The number of phenols is 1. The van der Waals surface area contributed by atoms with Crippen LogP contribution in [0.1, 0.15) is 12.5 Å². The molecule has 0 spiro atoms. The maximum absolute atomic E-state index is 9.26. The van der Waals surface area contributed by atoms with Crippen LogP contribution in [0.5, 0.6) is 5.75 Å². The van der Waals surface area contributed by atoms with Gasteiger partial charge in [0.05, 0.1) is 15.9 Å². The molecule has 3 rings (SSSR count). The van der Waals surface area contributed by atoms with Crippen LogP contribution < -0.4 is 5.43 Å². The Hall–Kier alpha value is -2.40. The van der Waals surface area contributed by atoms with Crippen LogP contribution in [0.15, 0.2) is 53.6 Å². The molecule has 1 aromatic heterocycles. The maximum Gasteiger partial charge on any atom is 0.204 e. The number of hydrazone groups is 1. The lowest BCUT2D eigenvalue weighted by molar-refractivity contribution is 0.475. The predicted octanol–water partition coefficient (Wildman–Crippen LogP) is 3.84. The number of thiazole rings is 1. The van der Waals surface area contributed by atoms with Crippen LogP contribution >= 0.6 is 11.3 Å². The Kier molecular flexibility index (Phi) is 3.35. The van der Waals surface area contributed by atoms with E-state index >= 15 is 0 Å². The van der Waals surface area contributed by atoms with Crippen LogP contribution in [0.3, 0.4) is 0 Å². The van der Waals surface area contributed by atoms with E-state index in [0.29, 0.717) is 0 Å². The van der Waals surface area contributed by atoms with Crippen LogP contribution in [-0.4, -0.2) is 15.8 Å². The van der Waals surface area contributed by atoms with E-state index in [-0.39, 0.29) is 5.75 Å². The molecular formula is C15H13N3OS. The summed E-state index contributed by atoms with van der Waals surface area (Å²) in [7, 11) is 0. The fourth-order valence-corrected chi connectivity index (χ4v) is 2.63. The molecule has 0 aliphatic heterocycles. The number of benzene rings is 2. The molecule has 0 unspecified atom stereocenters. The molecule has 0 saturated heterocycles. The van der Waals surface area contributed by atoms with E-state index in [1.807, 2.05) is 43.3 Å². The highest BCUT2D eigenvalue weighted by Gasteiger charge is 2.02. The topological polar surface area (TPSA) is 57.5 Å². The summed E-state index contributed by atoms with van der Waals surface area (Å²) in [4.78, 5) is 4.45. The minimum absolute atomic E-state index is 0.251. The third-order valence-electron chi connectivity index (χ3n) is 2.90. The number of anilines is 1. The van der Waals surface area contributed by atoms with Gasteiger partial charge in [-0.1, -0.05) is 23.5 Å². The van der Waals surface area contributed by atoms with Crippen LogP contribution in [0.25, 0.3) is 10.2 Å². The van der Waals surface area contributed by atoms with Gasteiger partial charge in [-0.2, -0.15) is 5.10 Å². The summed E-state index contributed by atoms with van der Waals surface area (Å²) in [5, 5.41) is 14.4. The largest absolute Gasteiger partial charge is 0.508 e. The Bertz CT molecular complexity index is 729. The standard InChI is InChI=1S/C15H13N3OS/c1-10(11-6-8-12(19)9-7-11)17-18-15-16-13-4-2-3-5-14(13)20-15/h2-9,19H,1H3,(H,16,18). The average Bonchev–Trinajstić information content (AvgIpc) is 2.88. The number of aromatic nitrogens is 1. The molecule has 0 radical (unpaired) electrons. The van der Waals surface area contributed by atoms with E-state index in [2.05, 4.69) is 15.5 Å². The van der Waals surface area contributed by atoms with Crippen molar-refractivity contribution in [2.24, 2.45) is 5.10 Å². The Morgan fingerprint density at radius 1 is 1.15 bits per heavy atom. The van der Waals surface area contributed by atoms with Gasteiger partial charge < -0.3 is 5.11 Å². The van der Waals surface area contributed by atoms with Crippen molar-refractivity contribution >= 4 is 32.4 Å². The summed E-state index contributed by atoms with van der Waals surface area (Å²) in [6, 6.07) is 14.9. The van der Waals surface area contributed by atoms with Crippen molar-refractivity contribution in [3.8, 4) is 5.75 Å². The molecule has 0 saturated carbocycles. The molecule has 100 valence electrons. The zero-order valence-electron chi connectivity index (χ0n) is 10.9. The number of para-hydroxylation sites is 1. The van der Waals surface area contributed by atoms with Crippen LogP contribution in [0.2, 0.25) is 0 Å². The Morgan fingerprint density at radius 2 is 1.90 bits per heavy atom. The fraction of sp³-hybridized carbons (Fsp3) is 0.0667. The quantitative estimate of drug-likeness (QED) is 0.567. The van der Waals surface area contributed by atoms with Gasteiger partial charge in [0.15, 0.2) is 0 Å². The molecule has 0 atom stereocenters. The lowest BCUT2D eigenvalue weighted by atomic mass is 10.1. The maximum atomic E-state index is 9.26. The molecule has 3 aromatic rings. The van der Waals surface area contributed by atoms with Crippen molar-refractivity contribution in [2.45, 2.75) is 6.92 Å². The first kappa shape index (κ1) is 12.6. The van der Waals surface area contributed by atoms with Crippen molar-refractivity contribution in [2.75, 3.05) is 5.43 Å². The SMILES string of the molecule is CC(=NNc1nc2ccccc2s1)c1ccc(O)cc1. The van der Waals surface area contributed by atoms with Gasteiger partial charge in [0.1, 0.15) is 5.75 Å². The smallest absolute Gasteiger partial charge is 0.204 e. The molecule has 20 heavy (non-hydrogen) atoms. The molecule has 2 aromatic carbocycles. The summed E-state index contributed by atoms with van der Waals surface area (Å²) in [6.45, 7) is 1.91. The third kappa shape index (κ3) is 2.62. The van der Waals surface area contributed by atoms with E-state index < -0.39 is 0 Å². The first-order chi connectivity index (χ1) is 9.72. The second-order valence-corrected chi connectivity index (χ2v) is 5.37. The minimum atomic E-state index is 0.251. The first-order valence-electron chi connectivity index (χ1n) is 6.17. The molecule has 1 heterocycles. The van der Waals surface area contributed by atoms with Gasteiger partial charge in [-0.25, -0.2) is 4.98 Å². The van der Waals surface area contributed by atoms with Gasteiger partial charge >= 0.3 is 0 Å². The molecule has 0 amide bonds. The number of nitrogens with one attached hydrogen (secondary N) is 1. The monoisotopic (exact) mass is 283 g/mol. The fourth-order valence-electron chi connectivity index (χ4n) is 1.82. The van der Waals surface area contributed by atoms with E-state index in [4.69, 9.17) is 0 Å². The van der Waals surface area contributed by atoms with Crippen LogP contribution in [-0.2, 0) is 0 Å². The summed E-state index contributed by atoms with van der Waals surface area (Å²) in [5.41, 5.74) is 5.74. The van der Waals surface area contributed by atoms with Gasteiger partial charge in [0, 0.05) is 0 Å². The van der Waals surface area contributed by atoms with Crippen molar-refractivity contribution in [1.29, 1.82) is 0 Å². The average molecular weight is 283 g/mol. The molecule has 2 N–H and O–H groups in total. The van der Waals surface area contributed by atoms with Gasteiger partial charge in [-0.15, -0.1) is 0 Å². The van der Waals surface area contributed by atoms with Crippen molar-refractivity contribution < 1.29 is 5.11 Å². The third-order valence-corrected chi connectivity index (χ3v) is 3.84. The second kappa shape index (κ2) is 5.30. The van der Waals surface area contributed by atoms with E-state index in [1.165, 1.54) is 0 Å². The van der Waals surface area contributed by atoms with Gasteiger partial charge in [0.25, 0.3) is 0 Å². The van der Waals surface area contributed by atoms with Crippen LogP contribution in [0.4, 0.5) is 5.13 Å². The lowest BCUT2D eigenvalue weighted by Gasteiger charge is -2.01. The number of hydrogen-bond donors (Lipinski definition) is 2. The van der Waals surface area contributed by atoms with Gasteiger partial charge in [0.2, 0.25) is 5.13 Å². The highest BCUT2D eigenvalue weighted by atomic mass is 32.1. The molecule has 0 aliphatic carbocycles. The summed E-state index contributed by atoms with van der Waals surface area (Å²) < 4.78 is 1.13. The minimum Gasteiger partial charge on any atom is -0.508 e. The van der Waals surface area contributed by atoms with E-state index in [0.717, 1.165) is 26.6 Å². The van der Waals surface area contributed by atoms with E-state index in [9.17, 15) is 5.11 Å². The Morgan fingerprint density at radius 3 is 2.65 bits per heavy atom. The number of phenolic OH excluding ortho intramolecular Hbond substituents is 1. The predicted molar refractivity (Wildman–Crippen MR) is 83.6 cm³/mol. The molecule has 4 nitrogen and oxygen atoms in total. The lowest BCUT2D eigenvalue weighted by Crippen LogP contribution is -1.99. The number of hydrogen-bond acceptors (Lipinski definition) is 5. The summed E-state index contributed by atoms with van der Waals surface area (Å²) >= 11 is 1.57. The highest BCUT2D eigenvalue weighted by Crippen LogP contribution is 2.25. The summed E-state index contributed by atoms with van der Waals surface area (Å²) in [5.74, 6) is 0.251. The summed E-state index contributed by atoms with van der Waals surface area (Å²) in [6.07, 6.45) is 0. The molecule has 0 aliphatic rings.